The highest BCUT2D eigenvalue weighted by atomic mass is 16.5. The second-order valence-corrected chi connectivity index (χ2v) is 4.15. The molecule has 0 aliphatic heterocycles. The number of carbonyl (C=O) groups is 1. The van der Waals surface area contributed by atoms with Gasteiger partial charge in [-0.2, -0.15) is 0 Å². The van der Waals surface area contributed by atoms with Crippen LogP contribution in [0.1, 0.15) is 34.1 Å². The van der Waals surface area contributed by atoms with Gasteiger partial charge in [0.25, 0.3) is 0 Å². The molecule has 1 atom stereocenters. The predicted molar refractivity (Wildman–Crippen MR) is 57.0 cm³/mol. The van der Waals surface area contributed by atoms with Crippen molar-refractivity contribution in [2.75, 3.05) is 13.2 Å². The SMILES string of the molecule is CCOC(C)(C)CNC(=O)CC(C)N. The van der Waals surface area contributed by atoms with Crippen LogP contribution in [0.3, 0.4) is 0 Å². The molecular weight excluding hydrogens is 180 g/mol. The van der Waals surface area contributed by atoms with E-state index < -0.39 is 0 Å². The minimum Gasteiger partial charge on any atom is -0.374 e. The number of rotatable bonds is 6. The summed E-state index contributed by atoms with van der Waals surface area (Å²) in [6, 6.07) is -0.0924. The van der Waals surface area contributed by atoms with Gasteiger partial charge >= 0.3 is 0 Å². The molecule has 0 aliphatic rings. The van der Waals surface area contributed by atoms with E-state index in [0.717, 1.165) is 0 Å². The summed E-state index contributed by atoms with van der Waals surface area (Å²) in [7, 11) is 0. The molecule has 0 aromatic heterocycles. The molecule has 0 heterocycles. The van der Waals surface area contributed by atoms with Gasteiger partial charge in [0.2, 0.25) is 5.91 Å². The van der Waals surface area contributed by atoms with Crippen LogP contribution in [0.4, 0.5) is 0 Å². The van der Waals surface area contributed by atoms with Gasteiger partial charge in [-0.25, -0.2) is 0 Å². The summed E-state index contributed by atoms with van der Waals surface area (Å²) >= 11 is 0. The summed E-state index contributed by atoms with van der Waals surface area (Å²) in [5.74, 6) is -0.0206. The largest absolute Gasteiger partial charge is 0.374 e. The number of nitrogens with one attached hydrogen (secondary N) is 1. The standard InChI is InChI=1S/C10H22N2O2/c1-5-14-10(3,4)7-12-9(13)6-8(2)11/h8H,5-7,11H2,1-4H3,(H,12,13). The Hall–Kier alpha value is -0.610. The quantitative estimate of drug-likeness (QED) is 0.665. The lowest BCUT2D eigenvalue weighted by atomic mass is 10.1. The zero-order valence-electron chi connectivity index (χ0n) is 9.59. The first-order valence-corrected chi connectivity index (χ1v) is 5.03. The van der Waals surface area contributed by atoms with Crippen LogP contribution < -0.4 is 11.1 Å². The van der Waals surface area contributed by atoms with E-state index in [9.17, 15) is 4.79 Å². The highest BCUT2D eigenvalue weighted by Gasteiger charge is 2.18. The van der Waals surface area contributed by atoms with Crippen molar-refractivity contribution in [3.05, 3.63) is 0 Å². The van der Waals surface area contributed by atoms with Gasteiger partial charge in [-0.05, 0) is 27.7 Å². The highest BCUT2D eigenvalue weighted by molar-refractivity contribution is 5.76. The van der Waals surface area contributed by atoms with Crippen LogP contribution in [0.25, 0.3) is 0 Å². The van der Waals surface area contributed by atoms with Crippen molar-refractivity contribution >= 4 is 5.91 Å². The molecule has 0 aromatic carbocycles. The topological polar surface area (TPSA) is 64.3 Å². The molecule has 4 heteroatoms. The van der Waals surface area contributed by atoms with Gasteiger partial charge in [0, 0.05) is 25.6 Å². The minimum atomic E-state index is -0.303. The predicted octanol–water partition coefficient (Wildman–Crippen LogP) is 0.655. The van der Waals surface area contributed by atoms with E-state index in [0.29, 0.717) is 19.6 Å². The van der Waals surface area contributed by atoms with Gasteiger partial charge < -0.3 is 15.8 Å². The average Bonchev–Trinajstić information content (AvgIpc) is 2.00. The molecule has 0 spiro atoms. The molecule has 1 unspecified atom stereocenters. The number of ether oxygens (including phenoxy) is 1. The van der Waals surface area contributed by atoms with Gasteiger partial charge in [-0.15, -0.1) is 0 Å². The Morgan fingerprint density at radius 1 is 1.57 bits per heavy atom. The second-order valence-electron chi connectivity index (χ2n) is 4.15. The Morgan fingerprint density at radius 2 is 2.14 bits per heavy atom. The molecule has 0 fully saturated rings. The van der Waals surface area contributed by atoms with E-state index in [1.165, 1.54) is 0 Å². The van der Waals surface area contributed by atoms with E-state index in [2.05, 4.69) is 5.32 Å². The van der Waals surface area contributed by atoms with Crippen LogP contribution in [0.15, 0.2) is 0 Å². The number of amides is 1. The molecule has 0 rings (SSSR count). The second kappa shape index (κ2) is 5.98. The Labute approximate surface area is 86.2 Å². The van der Waals surface area contributed by atoms with Gasteiger partial charge in [-0.1, -0.05) is 0 Å². The maximum absolute atomic E-state index is 11.3. The van der Waals surface area contributed by atoms with Gasteiger partial charge in [0.15, 0.2) is 0 Å². The maximum Gasteiger partial charge on any atom is 0.221 e. The summed E-state index contributed by atoms with van der Waals surface area (Å²) in [5.41, 5.74) is 5.20. The first-order valence-electron chi connectivity index (χ1n) is 5.03. The lowest BCUT2D eigenvalue weighted by Gasteiger charge is -2.25. The zero-order chi connectivity index (χ0) is 11.2. The number of nitrogens with two attached hydrogens (primary N) is 1. The molecule has 0 bridgehead atoms. The van der Waals surface area contributed by atoms with E-state index in [-0.39, 0.29) is 17.6 Å². The third-order valence-electron chi connectivity index (χ3n) is 1.75. The van der Waals surface area contributed by atoms with Crippen LogP contribution in [-0.2, 0) is 9.53 Å². The monoisotopic (exact) mass is 202 g/mol. The van der Waals surface area contributed by atoms with Crippen LogP contribution in [0.5, 0.6) is 0 Å². The first kappa shape index (κ1) is 13.4. The fourth-order valence-corrected chi connectivity index (χ4v) is 1.12. The van der Waals surface area contributed by atoms with Gasteiger partial charge in [0.1, 0.15) is 0 Å². The van der Waals surface area contributed by atoms with Gasteiger partial charge in [-0.3, -0.25) is 4.79 Å². The molecule has 1 amide bonds. The fourth-order valence-electron chi connectivity index (χ4n) is 1.12. The van der Waals surface area contributed by atoms with Crippen molar-refractivity contribution in [2.24, 2.45) is 5.73 Å². The molecule has 14 heavy (non-hydrogen) atoms. The average molecular weight is 202 g/mol. The molecule has 0 aliphatic carbocycles. The zero-order valence-corrected chi connectivity index (χ0v) is 9.59. The number of hydrogen-bond acceptors (Lipinski definition) is 3. The van der Waals surface area contributed by atoms with Crippen molar-refractivity contribution in [1.29, 1.82) is 0 Å². The van der Waals surface area contributed by atoms with E-state index in [4.69, 9.17) is 10.5 Å². The van der Waals surface area contributed by atoms with Crippen LogP contribution in [0, 0.1) is 0 Å². The van der Waals surface area contributed by atoms with Crippen LogP contribution >= 0.6 is 0 Å². The van der Waals surface area contributed by atoms with Crippen molar-refractivity contribution in [3.8, 4) is 0 Å². The lowest BCUT2D eigenvalue weighted by Crippen LogP contribution is -2.41. The van der Waals surface area contributed by atoms with E-state index in [1.54, 1.807) is 0 Å². The molecule has 84 valence electrons. The fraction of sp³-hybridized carbons (Fsp3) is 0.900. The van der Waals surface area contributed by atoms with Crippen LogP contribution in [0.2, 0.25) is 0 Å². The van der Waals surface area contributed by atoms with E-state index >= 15 is 0 Å². The summed E-state index contributed by atoms with van der Waals surface area (Å²) in [6.45, 7) is 8.81. The summed E-state index contributed by atoms with van der Waals surface area (Å²) < 4.78 is 5.44. The normalized spacial score (nSPS) is 13.8. The molecule has 4 nitrogen and oxygen atoms in total. The molecule has 0 aromatic rings. The minimum absolute atomic E-state index is 0.0206. The Morgan fingerprint density at radius 3 is 2.57 bits per heavy atom. The molecular formula is C10H22N2O2. The molecule has 3 N–H and O–H groups in total. The van der Waals surface area contributed by atoms with Crippen molar-refractivity contribution in [2.45, 2.75) is 45.8 Å². The van der Waals surface area contributed by atoms with Crippen molar-refractivity contribution < 1.29 is 9.53 Å². The van der Waals surface area contributed by atoms with E-state index in [1.807, 2.05) is 27.7 Å². The Bertz CT molecular complexity index is 179. The van der Waals surface area contributed by atoms with Crippen molar-refractivity contribution in [1.82, 2.24) is 5.32 Å². The Kier molecular flexibility index (Phi) is 5.72. The smallest absolute Gasteiger partial charge is 0.221 e. The highest BCUT2D eigenvalue weighted by Crippen LogP contribution is 2.06. The first-order chi connectivity index (χ1) is 6.37. The van der Waals surface area contributed by atoms with Crippen molar-refractivity contribution in [3.63, 3.8) is 0 Å². The summed E-state index contributed by atoms with van der Waals surface area (Å²) in [5, 5.41) is 2.80. The maximum atomic E-state index is 11.3. The molecule has 0 saturated heterocycles. The number of carbonyl (C=O) groups excluding carboxylic acids is 1. The summed E-state index contributed by atoms with van der Waals surface area (Å²) in [6.07, 6.45) is 0.363. The summed E-state index contributed by atoms with van der Waals surface area (Å²) in [4.78, 5) is 11.3. The molecule has 0 radical (unpaired) electrons. The van der Waals surface area contributed by atoms with Crippen LogP contribution in [-0.4, -0.2) is 30.7 Å². The third kappa shape index (κ3) is 6.86. The lowest BCUT2D eigenvalue weighted by molar-refractivity contribution is -0.122. The molecule has 0 saturated carbocycles. The number of hydrogen-bond donors (Lipinski definition) is 2. The Balaban J connectivity index is 3.75. The third-order valence-corrected chi connectivity index (χ3v) is 1.75. The van der Waals surface area contributed by atoms with Gasteiger partial charge in [0.05, 0.1) is 5.60 Å².